The van der Waals surface area contributed by atoms with E-state index in [-0.39, 0.29) is 0 Å². The molecule has 0 N–H and O–H groups in total. The summed E-state index contributed by atoms with van der Waals surface area (Å²) in [4.78, 5) is 0. The van der Waals surface area contributed by atoms with Gasteiger partial charge in [-0.2, -0.15) is 0 Å². The van der Waals surface area contributed by atoms with Crippen LogP contribution in [0.1, 0.15) is 11.1 Å². The fourth-order valence-electron chi connectivity index (χ4n) is 3.95. The highest BCUT2D eigenvalue weighted by atomic mass is 14.9. The minimum Gasteiger partial charge on any atom is -0.201 e. The van der Waals surface area contributed by atoms with Crippen molar-refractivity contribution in [3.8, 4) is 22.3 Å². The van der Waals surface area contributed by atoms with Crippen LogP contribution in [0.5, 0.6) is 0 Å². The van der Waals surface area contributed by atoms with Crippen LogP contribution in [0.15, 0.2) is 134 Å². The number of benzene rings is 3. The van der Waals surface area contributed by atoms with Gasteiger partial charge in [-0.3, -0.25) is 0 Å². The SMILES string of the molecule is c1ccc(C[n+]2ccc(-c3ccc(-c4cc[n+](Cc5ccccc5)cc4)cc3)cc2)cc1. The summed E-state index contributed by atoms with van der Waals surface area (Å²) in [6, 6.07) is 38.7. The van der Waals surface area contributed by atoms with Crippen molar-refractivity contribution in [3.05, 3.63) is 145 Å². The standard InChI is InChI=1S/C30H26N2/c1-3-7-25(8-4-1)23-31-19-15-29(16-20-31)27-11-13-28(14-12-27)30-17-21-32(22-18-30)24-26-9-5-2-6-10-26/h1-22H,23-24H2/q+2. The zero-order valence-electron chi connectivity index (χ0n) is 18.0. The summed E-state index contributed by atoms with van der Waals surface area (Å²) in [5, 5.41) is 0. The fourth-order valence-corrected chi connectivity index (χ4v) is 3.95. The largest absolute Gasteiger partial charge is 0.201 e. The van der Waals surface area contributed by atoms with E-state index in [0.717, 1.165) is 13.1 Å². The number of hydrogen-bond acceptors (Lipinski definition) is 0. The monoisotopic (exact) mass is 414 g/mol. The predicted molar refractivity (Wildman–Crippen MR) is 129 cm³/mol. The van der Waals surface area contributed by atoms with Crippen LogP contribution >= 0.6 is 0 Å². The van der Waals surface area contributed by atoms with Crippen molar-refractivity contribution < 1.29 is 9.13 Å². The molecule has 3 aromatic carbocycles. The van der Waals surface area contributed by atoms with Crippen LogP contribution in [0.2, 0.25) is 0 Å². The maximum atomic E-state index is 2.21. The van der Waals surface area contributed by atoms with Gasteiger partial charge in [-0.1, -0.05) is 84.9 Å². The Hall–Kier alpha value is -4.04. The van der Waals surface area contributed by atoms with Crippen LogP contribution in [0, 0.1) is 0 Å². The Morgan fingerprint density at radius 1 is 0.344 bits per heavy atom. The number of aromatic nitrogens is 2. The summed E-state index contributed by atoms with van der Waals surface area (Å²) >= 11 is 0. The first-order valence-corrected chi connectivity index (χ1v) is 11.0. The molecule has 2 heterocycles. The Labute approximate surface area is 189 Å². The molecule has 2 nitrogen and oxygen atoms in total. The Morgan fingerprint density at radius 2 is 0.656 bits per heavy atom. The summed E-state index contributed by atoms with van der Waals surface area (Å²) in [6.07, 6.45) is 8.61. The Kier molecular flexibility index (Phi) is 5.85. The van der Waals surface area contributed by atoms with E-state index in [1.165, 1.54) is 33.4 Å². The van der Waals surface area contributed by atoms with Crippen molar-refractivity contribution in [2.45, 2.75) is 13.1 Å². The molecule has 0 bridgehead atoms. The second kappa shape index (κ2) is 9.40. The van der Waals surface area contributed by atoms with Crippen LogP contribution in [0.3, 0.4) is 0 Å². The lowest BCUT2D eigenvalue weighted by Gasteiger charge is -2.05. The Balaban J connectivity index is 1.26. The van der Waals surface area contributed by atoms with Gasteiger partial charge in [-0.05, 0) is 22.3 Å². The molecular formula is C30H26N2+2. The predicted octanol–water partition coefficient (Wildman–Crippen LogP) is 5.69. The van der Waals surface area contributed by atoms with Gasteiger partial charge >= 0.3 is 0 Å². The summed E-state index contributed by atoms with van der Waals surface area (Å²) in [6.45, 7) is 1.77. The molecule has 0 amide bonds. The molecule has 0 aliphatic carbocycles. The molecule has 2 heteroatoms. The summed E-state index contributed by atoms with van der Waals surface area (Å²) < 4.78 is 4.42. The molecule has 0 radical (unpaired) electrons. The second-order valence-electron chi connectivity index (χ2n) is 8.07. The lowest BCUT2D eigenvalue weighted by atomic mass is 10.0. The molecule has 0 saturated heterocycles. The van der Waals surface area contributed by atoms with Crippen LogP contribution in [-0.2, 0) is 13.1 Å². The van der Waals surface area contributed by atoms with E-state index in [1.54, 1.807) is 0 Å². The molecule has 5 aromatic rings. The van der Waals surface area contributed by atoms with Crippen LogP contribution in [0.4, 0.5) is 0 Å². The van der Waals surface area contributed by atoms with Gasteiger partial charge in [0.1, 0.15) is 0 Å². The summed E-state index contributed by atoms with van der Waals surface area (Å²) in [7, 11) is 0. The third-order valence-corrected chi connectivity index (χ3v) is 5.75. The first-order chi connectivity index (χ1) is 15.8. The second-order valence-corrected chi connectivity index (χ2v) is 8.07. The maximum absolute atomic E-state index is 2.21. The average Bonchev–Trinajstić information content (AvgIpc) is 2.86. The van der Waals surface area contributed by atoms with Gasteiger partial charge in [-0.15, -0.1) is 0 Å². The van der Waals surface area contributed by atoms with Gasteiger partial charge in [0.05, 0.1) is 0 Å². The molecule has 2 aromatic heterocycles. The number of rotatable bonds is 6. The number of nitrogens with zero attached hydrogens (tertiary/aromatic N) is 2. The lowest BCUT2D eigenvalue weighted by molar-refractivity contribution is -0.688. The molecule has 0 aliphatic rings. The molecule has 0 fully saturated rings. The van der Waals surface area contributed by atoms with E-state index in [0.29, 0.717) is 0 Å². The van der Waals surface area contributed by atoms with E-state index in [9.17, 15) is 0 Å². The third kappa shape index (κ3) is 4.81. The number of hydrogen-bond donors (Lipinski definition) is 0. The van der Waals surface area contributed by atoms with Gasteiger partial charge in [0.25, 0.3) is 0 Å². The molecule has 0 saturated carbocycles. The van der Waals surface area contributed by atoms with Gasteiger partial charge in [0.15, 0.2) is 37.9 Å². The van der Waals surface area contributed by atoms with Gasteiger partial charge in [-0.25, -0.2) is 9.13 Å². The quantitative estimate of drug-likeness (QED) is 0.315. The van der Waals surface area contributed by atoms with Crippen molar-refractivity contribution >= 4 is 0 Å². The van der Waals surface area contributed by atoms with Gasteiger partial charge < -0.3 is 0 Å². The minimum atomic E-state index is 0.887. The molecule has 0 spiro atoms. The smallest absolute Gasteiger partial charge is 0.173 e. The van der Waals surface area contributed by atoms with Gasteiger partial charge in [0.2, 0.25) is 0 Å². The summed E-state index contributed by atoms with van der Waals surface area (Å²) in [5.41, 5.74) is 7.54. The molecule has 154 valence electrons. The average molecular weight is 415 g/mol. The first kappa shape index (κ1) is 19.9. The topological polar surface area (TPSA) is 7.76 Å². The van der Waals surface area contributed by atoms with Gasteiger partial charge in [0, 0.05) is 35.4 Å². The van der Waals surface area contributed by atoms with Crippen LogP contribution in [-0.4, -0.2) is 0 Å². The molecule has 32 heavy (non-hydrogen) atoms. The van der Waals surface area contributed by atoms with Crippen LogP contribution < -0.4 is 9.13 Å². The van der Waals surface area contributed by atoms with Crippen molar-refractivity contribution in [2.75, 3.05) is 0 Å². The molecule has 0 aliphatic heterocycles. The highest BCUT2D eigenvalue weighted by Gasteiger charge is 2.07. The van der Waals surface area contributed by atoms with Crippen molar-refractivity contribution in [2.24, 2.45) is 0 Å². The van der Waals surface area contributed by atoms with E-state index in [4.69, 9.17) is 0 Å². The molecule has 0 atom stereocenters. The lowest BCUT2D eigenvalue weighted by Crippen LogP contribution is -2.32. The zero-order valence-corrected chi connectivity index (χ0v) is 18.0. The third-order valence-electron chi connectivity index (χ3n) is 5.75. The zero-order chi connectivity index (χ0) is 21.6. The van der Waals surface area contributed by atoms with Crippen molar-refractivity contribution in [1.29, 1.82) is 0 Å². The highest BCUT2D eigenvalue weighted by Crippen LogP contribution is 2.23. The normalized spacial score (nSPS) is 10.8. The van der Waals surface area contributed by atoms with Crippen molar-refractivity contribution in [1.82, 2.24) is 0 Å². The van der Waals surface area contributed by atoms with E-state index in [1.807, 2.05) is 0 Å². The van der Waals surface area contributed by atoms with Crippen molar-refractivity contribution in [3.63, 3.8) is 0 Å². The maximum Gasteiger partial charge on any atom is 0.173 e. The summed E-state index contributed by atoms with van der Waals surface area (Å²) in [5.74, 6) is 0. The minimum absolute atomic E-state index is 0.887. The van der Waals surface area contributed by atoms with E-state index in [2.05, 4.69) is 143 Å². The van der Waals surface area contributed by atoms with E-state index < -0.39 is 0 Å². The fraction of sp³-hybridized carbons (Fsp3) is 0.0667. The first-order valence-electron chi connectivity index (χ1n) is 11.0. The molecule has 0 unspecified atom stereocenters. The number of pyridine rings is 2. The van der Waals surface area contributed by atoms with Crippen LogP contribution in [0.25, 0.3) is 22.3 Å². The Bertz CT molecular complexity index is 1160. The molecule has 5 rings (SSSR count). The molecular weight excluding hydrogens is 388 g/mol. The Morgan fingerprint density at radius 3 is 1.00 bits per heavy atom. The highest BCUT2D eigenvalue weighted by molar-refractivity contribution is 5.69. The van der Waals surface area contributed by atoms with E-state index >= 15 is 0 Å².